The molecule has 100 valence electrons. The highest BCUT2D eigenvalue weighted by Crippen LogP contribution is 2.32. The highest BCUT2D eigenvalue weighted by molar-refractivity contribution is 6.30. The summed E-state index contributed by atoms with van der Waals surface area (Å²) in [4.78, 5) is 4.27. The van der Waals surface area contributed by atoms with Crippen LogP contribution in [0, 0.1) is 0 Å². The summed E-state index contributed by atoms with van der Waals surface area (Å²) in [6, 6.07) is 11.4. The summed E-state index contributed by atoms with van der Waals surface area (Å²) in [5.41, 5.74) is 0.961. The molecule has 2 aromatic carbocycles. The number of aromatic hydroxyl groups is 2. The van der Waals surface area contributed by atoms with Crippen LogP contribution in [0.2, 0.25) is 5.02 Å². The monoisotopic (exact) mass is 287 g/mol. The highest BCUT2D eigenvalue weighted by Gasteiger charge is 2.13. The third-order valence-electron chi connectivity index (χ3n) is 2.84. The van der Waals surface area contributed by atoms with E-state index in [0.29, 0.717) is 27.8 Å². The van der Waals surface area contributed by atoms with E-state index >= 15 is 0 Å². The molecule has 20 heavy (non-hydrogen) atoms. The van der Waals surface area contributed by atoms with Crippen LogP contribution in [0.15, 0.2) is 42.5 Å². The molecule has 0 bridgehead atoms. The molecule has 0 aliphatic heterocycles. The van der Waals surface area contributed by atoms with Gasteiger partial charge in [-0.25, -0.2) is 4.98 Å². The van der Waals surface area contributed by atoms with Crippen LogP contribution in [0.1, 0.15) is 0 Å². The molecule has 5 nitrogen and oxygen atoms in total. The van der Waals surface area contributed by atoms with Gasteiger partial charge in [-0.05, 0) is 30.3 Å². The second kappa shape index (κ2) is 4.86. The number of phenolic OH excluding ortho intramolecular Hbond substituents is 2. The first-order valence-electron chi connectivity index (χ1n) is 5.85. The van der Waals surface area contributed by atoms with Crippen LogP contribution in [0.4, 0.5) is 0 Å². The van der Waals surface area contributed by atoms with Gasteiger partial charge in [-0.2, -0.15) is 5.10 Å². The van der Waals surface area contributed by atoms with Gasteiger partial charge in [0.1, 0.15) is 11.5 Å². The Kier molecular flexibility index (Phi) is 3.04. The van der Waals surface area contributed by atoms with Gasteiger partial charge >= 0.3 is 0 Å². The van der Waals surface area contributed by atoms with Gasteiger partial charge in [-0.15, -0.1) is 0 Å². The fraction of sp³-hybridized carbons (Fsp3) is 0. The fourth-order valence-corrected chi connectivity index (χ4v) is 2.04. The zero-order chi connectivity index (χ0) is 14.1. The number of hydrogen-bond donors (Lipinski definition) is 3. The molecule has 3 rings (SSSR count). The predicted octanol–water partition coefficient (Wildman–Crippen LogP) is 3.20. The Labute approximate surface area is 119 Å². The number of phenols is 2. The van der Waals surface area contributed by atoms with Crippen molar-refractivity contribution in [3.63, 3.8) is 0 Å². The lowest BCUT2D eigenvalue weighted by Gasteiger charge is -2.00. The molecule has 0 fully saturated rings. The van der Waals surface area contributed by atoms with Crippen LogP contribution in [0.25, 0.3) is 22.8 Å². The minimum Gasteiger partial charge on any atom is -0.507 e. The number of hydrogen-bond acceptors (Lipinski definition) is 4. The van der Waals surface area contributed by atoms with Crippen molar-refractivity contribution in [2.24, 2.45) is 0 Å². The lowest BCUT2D eigenvalue weighted by Crippen LogP contribution is -1.83. The van der Waals surface area contributed by atoms with Gasteiger partial charge in [0.05, 0.1) is 11.1 Å². The molecule has 0 radical (unpaired) electrons. The number of nitrogens with one attached hydrogen (secondary N) is 1. The molecule has 0 saturated carbocycles. The van der Waals surface area contributed by atoms with E-state index in [2.05, 4.69) is 15.2 Å². The number of aromatic amines is 1. The summed E-state index contributed by atoms with van der Waals surface area (Å²) in [7, 11) is 0. The smallest absolute Gasteiger partial charge is 0.185 e. The SMILES string of the molecule is Oc1ccc(Cl)cc1-c1n[nH]c(-c2ccccc2O)n1. The molecular weight excluding hydrogens is 278 g/mol. The Morgan fingerprint density at radius 2 is 1.70 bits per heavy atom. The highest BCUT2D eigenvalue weighted by atomic mass is 35.5. The number of benzene rings is 2. The minimum absolute atomic E-state index is 0.0391. The molecule has 3 aromatic rings. The van der Waals surface area contributed by atoms with Crippen molar-refractivity contribution in [2.45, 2.75) is 0 Å². The van der Waals surface area contributed by atoms with Gasteiger partial charge in [0.25, 0.3) is 0 Å². The van der Waals surface area contributed by atoms with Crippen LogP contribution in [0.5, 0.6) is 11.5 Å². The van der Waals surface area contributed by atoms with Crippen molar-refractivity contribution in [3.8, 4) is 34.3 Å². The Hall–Kier alpha value is -2.53. The fourth-order valence-electron chi connectivity index (χ4n) is 1.86. The van der Waals surface area contributed by atoms with Crippen molar-refractivity contribution in [3.05, 3.63) is 47.5 Å². The molecule has 1 aromatic heterocycles. The second-order valence-corrected chi connectivity index (χ2v) is 4.62. The third kappa shape index (κ3) is 2.19. The van der Waals surface area contributed by atoms with E-state index in [1.165, 1.54) is 6.07 Å². The van der Waals surface area contributed by atoms with E-state index in [9.17, 15) is 10.2 Å². The second-order valence-electron chi connectivity index (χ2n) is 4.19. The maximum atomic E-state index is 9.82. The molecule has 0 saturated heterocycles. The van der Waals surface area contributed by atoms with Crippen LogP contribution in [-0.4, -0.2) is 25.4 Å². The van der Waals surface area contributed by atoms with Gasteiger partial charge in [0, 0.05) is 5.02 Å². The molecule has 1 heterocycles. The van der Waals surface area contributed by atoms with Crippen molar-refractivity contribution < 1.29 is 10.2 Å². The Balaban J connectivity index is 2.07. The summed E-state index contributed by atoms with van der Waals surface area (Å²) < 4.78 is 0. The lowest BCUT2D eigenvalue weighted by molar-refractivity contribution is 0.476. The average Bonchev–Trinajstić information content (AvgIpc) is 2.91. The summed E-state index contributed by atoms with van der Waals surface area (Å²) in [6.45, 7) is 0. The molecule has 0 aliphatic carbocycles. The molecule has 3 N–H and O–H groups in total. The molecule has 0 unspecified atom stereocenters. The number of H-pyrrole nitrogens is 1. The molecule has 0 atom stereocenters. The first-order valence-corrected chi connectivity index (χ1v) is 6.22. The molecular formula is C14H10ClN3O2. The van der Waals surface area contributed by atoms with E-state index in [4.69, 9.17) is 11.6 Å². The Morgan fingerprint density at radius 1 is 0.950 bits per heavy atom. The summed E-state index contributed by atoms with van der Waals surface area (Å²) in [5, 5.41) is 26.9. The van der Waals surface area contributed by atoms with Crippen molar-refractivity contribution in [2.75, 3.05) is 0 Å². The number of nitrogens with zero attached hydrogens (tertiary/aromatic N) is 2. The van der Waals surface area contributed by atoms with Gasteiger partial charge in [0.15, 0.2) is 11.6 Å². The van der Waals surface area contributed by atoms with Crippen molar-refractivity contribution in [1.82, 2.24) is 15.2 Å². The lowest BCUT2D eigenvalue weighted by atomic mass is 10.2. The van der Waals surface area contributed by atoms with Gasteiger partial charge in [0.2, 0.25) is 0 Å². The first kappa shape index (κ1) is 12.5. The number of aromatic nitrogens is 3. The summed E-state index contributed by atoms with van der Waals surface area (Å²) >= 11 is 5.90. The van der Waals surface area contributed by atoms with Crippen LogP contribution in [0.3, 0.4) is 0 Å². The number of rotatable bonds is 2. The molecule has 0 amide bonds. The average molecular weight is 288 g/mol. The maximum absolute atomic E-state index is 9.82. The van der Waals surface area contributed by atoms with E-state index in [-0.39, 0.29) is 11.5 Å². The molecule has 0 aliphatic rings. The maximum Gasteiger partial charge on any atom is 0.185 e. The normalized spacial score (nSPS) is 10.7. The first-order chi connectivity index (χ1) is 9.65. The van der Waals surface area contributed by atoms with Crippen molar-refractivity contribution >= 4 is 11.6 Å². The molecule has 0 spiro atoms. The number of para-hydroxylation sites is 1. The van der Waals surface area contributed by atoms with Crippen LogP contribution in [-0.2, 0) is 0 Å². The van der Waals surface area contributed by atoms with Gasteiger partial charge in [-0.3, -0.25) is 5.10 Å². The topological polar surface area (TPSA) is 82.0 Å². The van der Waals surface area contributed by atoms with Crippen molar-refractivity contribution in [1.29, 1.82) is 0 Å². The van der Waals surface area contributed by atoms with E-state index in [1.807, 2.05) is 0 Å². The standard InChI is InChI=1S/C14H10ClN3O2/c15-8-5-6-12(20)10(7-8)14-16-13(17-18-14)9-3-1-2-4-11(9)19/h1-7,19-20H,(H,16,17,18). The van der Waals surface area contributed by atoms with E-state index in [1.54, 1.807) is 36.4 Å². The zero-order valence-corrected chi connectivity index (χ0v) is 11.0. The largest absolute Gasteiger partial charge is 0.507 e. The predicted molar refractivity (Wildman–Crippen MR) is 75.6 cm³/mol. The van der Waals surface area contributed by atoms with E-state index in [0.717, 1.165) is 0 Å². The van der Waals surface area contributed by atoms with Crippen LogP contribution >= 0.6 is 11.6 Å². The number of halogens is 1. The Morgan fingerprint density at radius 3 is 2.50 bits per heavy atom. The summed E-state index contributed by atoms with van der Waals surface area (Å²) in [5.74, 6) is 0.864. The van der Waals surface area contributed by atoms with E-state index < -0.39 is 0 Å². The Bertz CT molecular complexity index is 771. The zero-order valence-electron chi connectivity index (χ0n) is 10.2. The van der Waals surface area contributed by atoms with Gasteiger partial charge < -0.3 is 10.2 Å². The molecule has 6 heteroatoms. The summed E-state index contributed by atoms with van der Waals surface area (Å²) in [6.07, 6.45) is 0. The van der Waals surface area contributed by atoms with Gasteiger partial charge in [-0.1, -0.05) is 23.7 Å². The minimum atomic E-state index is 0.0391. The van der Waals surface area contributed by atoms with Crippen LogP contribution < -0.4 is 0 Å². The third-order valence-corrected chi connectivity index (χ3v) is 3.08. The quantitative estimate of drug-likeness (QED) is 0.676.